The van der Waals surface area contributed by atoms with Crippen LogP contribution in [-0.4, -0.2) is 88.1 Å². The summed E-state index contributed by atoms with van der Waals surface area (Å²) in [5.41, 5.74) is -0.762. The van der Waals surface area contributed by atoms with E-state index in [9.17, 15) is 24.9 Å². The van der Waals surface area contributed by atoms with Gasteiger partial charge in [-0.25, -0.2) is 0 Å². The third kappa shape index (κ3) is 6.55. The van der Waals surface area contributed by atoms with Gasteiger partial charge in [-0.05, 0) is 33.1 Å². The van der Waals surface area contributed by atoms with Crippen molar-refractivity contribution in [3.05, 3.63) is 0 Å². The number of carbonyl (C=O) groups excluding carboxylic acids is 2. The molecule has 1 saturated heterocycles. The molecule has 1 rings (SSSR count). The Hall–Kier alpha value is -0.420. The van der Waals surface area contributed by atoms with Gasteiger partial charge in [-0.15, -0.1) is 23.4 Å². The van der Waals surface area contributed by atoms with Gasteiger partial charge in [0.15, 0.2) is 0 Å². The number of rotatable bonds is 11. The molecule has 1 heterocycles. The van der Waals surface area contributed by atoms with Crippen molar-refractivity contribution in [1.82, 2.24) is 10.6 Å². The SMILES string of the molecule is CCC[C@@H](C=O)C[C@H](NC)C(=O)N[C@@H]([C@H]1O[C@H](SC)[C@H](O)[C@@H](O)[C@H]1O)[C@H](C)Cl. The molecule has 10 heteroatoms. The smallest absolute Gasteiger partial charge is 0.237 e. The molecule has 0 unspecified atom stereocenters. The third-order valence-corrected chi connectivity index (χ3v) is 6.18. The fraction of sp³-hybridized carbons (Fsp3) is 0.889. The molecule has 0 bridgehead atoms. The summed E-state index contributed by atoms with van der Waals surface area (Å²) in [5, 5.41) is 35.6. The zero-order valence-corrected chi connectivity index (χ0v) is 18.3. The molecule has 0 aromatic heterocycles. The lowest BCUT2D eigenvalue weighted by Crippen LogP contribution is -2.65. The molecule has 0 radical (unpaired) electrons. The first-order chi connectivity index (χ1) is 13.2. The zero-order chi connectivity index (χ0) is 21.4. The molecule has 8 nitrogen and oxygen atoms in total. The number of halogens is 1. The summed E-state index contributed by atoms with van der Waals surface area (Å²) in [6.07, 6.45) is -0.662. The minimum Gasteiger partial charge on any atom is -0.388 e. The molecule has 0 spiro atoms. The van der Waals surface area contributed by atoms with Crippen LogP contribution >= 0.6 is 23.4 Å². The highest BCUT2D eigenvalue weighted by molar-refractivity contribution is 7.99. The summed E-state index contributed by atoms with van der Waals surface area (Å²) in [6.45, 7) is 3.62. The number of hydrogen-bond donors (Lipinski definition) is 5. The summed E-state index contributed by atoms with van der Waals surface area (Å²) < 4.78 is 5.74. The van der Waals surface area contributed by atoms with Gasteiger partial charge in [-0.3, -0.25) is 4.79 Å². The highest BCUT2D eigenvalue weighted by Gasteiger charge is 2.48. The minimum atomic E-state index is -1.42. The Labute approximate surface area is 175 Å². The fourth-order valence-corrected chi connectivity index (χ4v) is 4.25. The van der Waals surface area contributed by atoms with Crippen LogP contribution in [0, 0.1) is 5.92 Å². The van der Waals surface area contributed by atoms with Crippen molar-refractivity contribution < 1.29 is 29.6 Å². The molecule has 1 aliphatic heterocycles. The molecule has 28 heavy (non-hydrogen) atoms. The van der Waals surface area contributed by atoms with Crippen molar-refractivity contribution in [1.29, 1.82) is 0 Å². The second-order valence-electron chi connectivity index (χ2n) is 7.15. The van der Waals surface area contributed by atoms with E-state index in [1.807, 2.05) is 6.92 Å². The molecule has 0 aliphatic carbocycles. The highest BCUT2D eigenvalue weighted by atomic mass is 35.5. The van der Waals surface area contributed by atoms with Crippen LogP contribution in [-0.2, 0) is 14.3 Å². The normalized spacial score (nSPS) is 32.2. The lowest BCUT2D eigenvalue weighted by Gasteiger charge is -2.44. The first kappa shape index (κ1) is 25.6. The third-order valence-electron chi connectivity index (χ3n) is 5.05. The molecular formula is C18H33ClN2O6S. The number of aliphatic hydroxyl groups excluding tert-OH is 3. The second kappa shape index (κ2) is 12.3. The predicted octanol–water partition coefficient (Wildman–Crippen LogP) is -0.138. The maximum absolute atomic E-state index is 12.8. The van der Waals surface area contributed by atoms with Gasteiger partial charge in [-0.2, -0.15) is 0 Å². The van der Waals surface area contributed by atoms with Crippen molar-refractivity contribution in [2.75, 3.05) is 13.3 Å². The average Bonchev–Trinajstić information content (AvgIpc) is 2.67. The predicted molar refractivity (Wildman–Crippen MR) is 109 cm³/mol. The Bertz CT molecular complexity index is 499. The van der Waals surface area contributed by atoms with Gasteiger partial charge in [0.25, 0.3) is 0 Å². The van der Waals surface area contributed by atoms with Crippen molar-refractivity contribution in [3.8, 4) is 0 Å². The highest BCUT2D eigenvalue weighted by Crippen LogP contribution is 2.30. The van der Waals surface area contributed by atoms with Crippen molar-refractivity contribution in [3.63, 3.8) is 0 Å². The molecule has 0 saturated carbocycles. The van der Waals surface area contributed by atoms with Crippen molar-refractivity contribution in [2.45, 2.75) is 80.4 Å². The lowest BCUT2D eigenvalue weighted by molar-refractivity contribution is -0.205. The molecule has 9 atom stereocenters. The Morgan fingerprint density at radius 3 is 2.39 bits per heavy atom. The summed E-state index contributed by atoms with van der Waals surface area (Å²) >= 11 is 7.45. The Balaban J connectivity index is 2.92. The molecule has 164 valence electrons. The van der Waals surface area contributed by atoms with E-state index >= 15 is 0 Å². The van der Waals surface area contributed by atoms with E-state index in [1.165, 1.54) is 11.8 Å². The van der Waals surface area contributed by atoms with Crippen LogP contribution in [0.25, 0.3) is 0 Å². The van der Waals surface area contributed by atoms with E-state index in [0.29, 0.717) is 12.8 Å². The fourth-order valence-electron chi connectivity index (χ4n) is 3.36. The number of hydrogen-bond acceptors (Lipinski definition) is 8. The standard InChI is InChI=1S/C18H33ClN2O6S/c1-5-6-10(8-22)7-11(20-3)17(26)21-12(9(2)19)16-14(24)13(23)15(25)18(27-16)28-4/h8-16,18,20,23-25H,5-7H2,1-4H3,(H,21,26)/t9-,10+,11-,12+,13-,14+,15+,16+,18+/m0/s1. The average molecular weight is 441 g/mol. The van der Waals surface area contributed by atoms with Gasteiger partial charge >= 0.3 is 0 Å². The number of alkyl halides is 1. The molecule has 5 N–H and O–H groups in total. The van der Waals surface area contributed by atoms with Crippen LogP contribution in [0.1, 0.15) is 33.1 Å². The van der Waals surface area contributed by atoms with Gasteiger partial charge in [0, 0.05) is 5.92 Å². The van der Waals surface area contributed by atoms with Crippen molar-refractivity contribution in [2.24, 2.45) is 5.92 Å². The van der Waals surface area contributed by atoms with E-state index in [4.69, 9.17) is 16.3 Å². The van der Waals surface area contributed by atoms with E-state index in [1.54, 1.807) is 20.2 Å². The molecule has 0 aromatic carbocycles. The maximum Gasteiger partial charge on any atom is 0.237 e. The minimum absolute atomic E-state index is 0.241. The number of carbonyl (C=O) groups is 2. The Kier molecular flexibility index (Phi) is 11.3. The van der Waals surface area contributed by atoms with Gasteiger partial charge in [0.2, 0.25) is 5.91 Å². The van der Waals surface area contributed by atoms with Gasteiger partial charge in [0.05, 0.1) is 17.5 Å². The number of likely N-dealkylation sites (N-methyl/N-ethyl adjacent to an activating group) is 1. The van der Waals surface area contributed by atoms with Crippen molar-refractivity contribution >= 4 is 35.6 Å². The molecular weight excluding hydrogens is 408 g/mol. The number of aldehydes is 1. The molecule has 0 aromatic rings. The van der Waals surface area contributed by atoms with Crippen LogP contribution < -0.4 is 10.6 Å². The van der Waals surface area contributed by atoms with Crippen LogP contribution in [0.2, 0.25) is 0 Å². The first-order valence-corrected chi connectivity index (χ1v) is 11.2. The molecule has 1 fully saturated rings. The van der Waals surface area contributed by atoms with E-state index in [0.717, 1.165) is 12.7 Å². The van der Waals surface area contributed by atoms with Crippen LogP contribution in [0.4, 0.5) is 0 Å². The lowest BCUT2D eigenvalue weighted by atomic mass is 9.92. The van der Waals surface area contributed by atoms with Crippen LogP contribution in [0.3, 0.4) is 0 Å². The van der Waals surface area contributed by atoms with Gasteiger partial charge < -0.3 is 35.5 Å². The van der Waals surface area contributed by atoms with Crippen LogP contribution in [0.5, 0.6) is 0 Å². The summed E-state index contributed by atoms with van der Waals surface area (Å²) in [6, 6.07) is -1.43. The first-order valence-electron chi connectivity index (χ1n) is 9.51. The van der Waals surface area contributed by atoms with Gasteiger partial charge in [-0.1, -0.05) is 13.3 Å². The Morgan fingerprint density at radius 1 is 1.29 bits per heavy atom. The van der Waals surface area contributed by atoms with E-state index in [2.05, 4.69) is 10.6 Å². The zero-order valence-electron chi connectivity index (χ0n) is 16.7. The quantitative estimate of drug-likeness (QED) is 0.222. The number of ether oxygens (including phenoxy) is 1. The largest absolute Gasteiger partial charge is 0.388 e. The molecule has 1 aliphatic rings. The number of thioether (sulfide) groups is 1. The monoisotopic (exact) mass is 440 g/mol. The van der Waals surface area contributed by atoms with E-state index < -0.39 is 47.3 Å². The Morgan fingerprint density at radius 2 is 1.93 bits per heavy atom. The van der Waals surface area contributed by atoms with E-state index in [-0.39, 0.29) is 11.8 Å². The second-order valence-corrected chi connectivity index (χ2v) is 8.77. The topological polar surface area (TPSA) is 128 Å². The number of nitrogens with one attached hydrogen (secondary N) is 2. The summed E-state index contributed by atoms with van der Waals surface area (Å²) in [7, 11) is 1.63. The van der Waals surface area contributed by atoms with Gasteiger partial charge in [0.1, 0.15) is 36.1 Å². The maximum atomic E-state index is 12.8. The summed E-state index contributed by atoms with van der Waals surface area (Å²) in [4.78, 5) is 24.0. The van der Waals surface area contributed by atoms with Crippen LogP contribution in [0.15, 0.2) is 0 Å². The number of aliphatic hydroxyl groups is 3. The number of amides is 1. The molecule has 1 amide bonds. The summed E-state index contributed by atoms with van der Waals surface area (Å²) in [5.74, 6) is -0.616.